The summed E-state index contributed by atoms with van der Waals surface area (Å²) in [5.41, 5.74) is 1.80. The molecule has 3 heteroatoms. The Morgan fingerprint density at radius 2 is 2.07 bits per heavy atom. The number of ketones is 1. The Labute approximate surface area is 90.1 Å². The first-order valence-corrected chi connectivity index (χ1v) is 5.49. The predicted octanol–water partition coefficient (Wildman–Crippen LogP) is 2.27. The average Bonchev–Trinajstić information content (AvgIpc) is 2.30. The van der Waals surface area contributed by atoms with Crippen molar-refractivity contribution >= 4 is 11.5 Å². The highest BCUT2D eigenvalue weighted by Gasteiger charge is 2.16. The van der Waals surface area contributed by atoms with Gasteiger partial charge in [0.25, 0.3) is 0 Å². The normalized spacial score (nSPS) is 16.5. The van der Waals surface area contributed by atoms with Gasteiger partial charge in [0.05, 0.1) is 11.9 Å². The van der Waals surface area contributed by atoms with Crippen LogP contribution in [0, 0.1) is 0 Å². The quantitative estimate of drug-likeness (QED) is 0.693. The van der Waals surface area contributed by atoms with Gasteiger partial charge in [-0.1, -0.05) is 0 Å². The van der Waals surface area contributed by atoms with Crippen LogP contribution in [0.5, 0.6) is 0 Å². The number of piperidine rings is 1. The summed E-state index contributed by atoms with van der Waals surface area (Å²) in [4.78, 5) is 17.8. The third kappa shape index (κ3) is 2.17. The summed E-state index contributed by atoms with van der Waals surface area (Å²) in [7, 11) is 0. The molecule has 1 aromatic rings. The Kier molecular flexibility index (Phi) is 2.99. The molecule has 0 amide bonds. The molecular formula is C12H16N2O. The number of hydrogen-bond donors (Lipinski definition) is 0. The molecule has 0 N–H and O–H groups in total. The smallest absolute Gasteiger partial charge is 0.161 e. The molecule has 1 fully saturated rings. The minimum Gasteiger partial charge on any atom is -0.370 e. The molecular weight excluding hydrogens is 188 g/mol. The average molecular weight is 204 g/mol. The van der Waals surface area contributed by atoms with Gasteiger partial charge >= 0.3 is 0 Å². The van der Waals surface area contributed by atoms with E-state index < -0.39 is 0 Å². The van der Waals surface area contributed by atoms with Crippen LogP contribution in [0.1, 0.15) is 36.5 Å². The van der Waals surface area contributed by atoms with Crippen LogP contribution in [0.3, 0.4) is 0 Å². The number of carbonyl (C=O) groups is 1. The van der Waals surface area contributed by atoms with Crippen LogP contribution in [-0.2, 0) is 0 Å². The fraction of sp³-hybridized carbons (Fsp3) is 0.500. The maximum Gasteiger partial charge on any atom is 0.161 e. The molecule has 0 bridgehead atoms. The highest BCUT2D eigenvalue weighted by atomic mass is 16.1. The SMILES string of the molecule is CC(=O)c1ccncc1N1CCCCC1. The van der Waals surface area contributed by atoms with Crippen LogP contribution < -0.4 is 4.90 Å². The van der Waals surface area contributed by atoms with Crippen molar-refractivity contribution in [3.8, 4) is 0 Å². The number of aromatic nitrogens is 1. The lowest BCUT2D eigenvalue weighted by Crippen LogP contribution is -2.30. The Bertz CT molecular complexity index is 356. The van der Waals surface area contributed by atoms with Crippen molar-refractivity contribution in [3.05, 3.63) is 24.0 Å². The van der Waals surface area contributed by atoms with Gasteiger partial charge in [-0.05, 0) is 32.3 Å². The molecule has 2 heterocycles. The maximum absolute atomic E-state index is 11.5. The molecule has 1 aliphatic rings. The second-order valence-corrected chi connectivity index (χ2v) is 4.00. The first-order chi connectivity index (χ1) is 7.29. The molecule has 0 aliphatic carbocycles. The summed E-state index contributed by atoms with van der Waals surface area (Å²) >= 11 is 0. The molecule has 1 saturated heterocycles. The zero-order valence-electron chi connectivity index (χ0n) is 9.07. The lowest BCUT2D eigenvalue weighted by atomic mass is 10.1. The summed E-state index contributed by atoms with van der Waals surface area (Å²) in [6.45, 7) is 3.71. The van der Waals surface area contributed by atoms with Crippen LogP contribution >= 0.6 is 0 Å². The van der Waals surface area contributed by atoms with Crippen LogP contribution in [0.4, 0.5) is 5.69 Å². The van der Waals surface area contributed by atoms with Gasteiger partial charge in [-0.15, -0.1) is 0 Å². The van der Waals surface area contributed by atoms with E-state index >= 15 is 0 Å². The van der Waals surface area contributed by atoms with Crippen LogP contribution in [0.15, 0.2) is 18.5 Å². The standard InChI is InChI=1S/C12H16N2O/c1-10(15)11-5-6-13-9-12(11)14-7-3-2-4-8-14/h5-6,9H,2-4,7-8H2,1H3. The maximum atomic E-state index is 11.5. The van der Waals surface area contributed by atoms with E-state index in [1.165, 1.54) is 19.3 Å². The van der Waals surface area contributed by atoms with Gasteiger partial charge < -0.3 is 4.90 Å². The van der Waals surface area contributed by atoms with Crippen molar-refractivity contribution in [2.75, 3.05) is 18.0 Å². The molecule has 2 rings (SSSR count). The first-order valence-electron chi connectivity index (χ1n) is 5.49. The zero-order chi connectivity index (χ0) is 10.7. The van der Waals surface area contributed by atoms with E-state index in [4.69, 9.17) is 0 Å². The molecule has 3 nitrogen and oxygen atoms in total. The monoisotopic (exact) mass is 204 g/mol. The summed E-state index contributed by atoms with van der Waals surface area (Å²) in [5, 5.41) is 0. The van der Waals surface area contributed by atoms with Gasteiger partial charge in [0.15, 0.2) is 5.78 Å². The molecule has 80 valence electrons. The van der Waals surface area contributed by atoms with Gasteiger partial charge in [0, 0.05) is 24.8 Å². The second kappa shape index (κ2) is 4.43. The van der Waals surface area contributed by atoms with Gasteiger partial charge in [-0.25, -0.2) is 0 Å². The molecule has 0 saturated carbocycles. The second-order valence-electron chi connectivity index (χ2n) is 4.00. The Hall–Kier alpha value is -1.38. The summed E-state index contributed by atoms with van der Waals surface area (Å²) in [6.07, 6.45) is 7.22. The largest absolute Gasteiger partial charge is 0.370 e. The number of nitrogens with zero attached hydrogens (tertiary/aromatic N) is 2. The van der Waals surface area contributed by atoms with Crippen LogP contribution in [-0.4, -0.2) is 23.9 Å². The minimum absolute atomic E-state index is 0.123. The van der Waals surface area contributed by atoms with Gasteiger partial charge in [0.1, 0.15) is 0 Å². The molecule has 15 heavy (non-hydrogen) atoms. The van der Waals surface area contributed by atoms with E-state index in [-0.39, 0.29) is 5.78 Å². The molecule has 0 spiro atoms. The fourth-order valence-electron chi connectivity index (χ4n) is 2.07. The molecule has 1 aliphatic heterocycles. The highest BCUT2D eigenvalue weighted by Crippen LogP contribution is 2.23. The summed E-state index contributed by atoms with van der Waals surface area (Å²) in [5.74, 6) is 0.123. The number of rotatable bonds is 2. The van der Waals surface area contributed by atoms with Crippen LogP contribution in [0.2, 0.25) is 0 Å². The molecule has 0 radical (unpaired) electrons. The number of anilines is 1. The first kappa shape index (κ1) is 10.1. The molecule has 1 aromatic heterocycles. The van der Waals surface area contributed by atoms with E-state index in [9.17, 15) is 4.79 Å². The van der Waals surface area contributed by atoms with Crippen molar-refractivity contribution in [3.63, 3.8) is 0 Å². The van der Waals surface area contributed by atoms with E-state index in [1.807, 2.05) is 12.3 Å². The number of hydrogen-bond acceptors (Lipinski definition) is 3. The third-order valence-electron chi connectivity index (χ3n) is 2.88. The Morgan fingerprint density at radius 3 is 2.73 bits per heavy atom. The third-order valence-corrected chi connectivity index (χ3v) is 2.88. The van der Waals surface area contributed by atoms with Crippen molar-refractivity contribution in [1.29, 1.82) is 0 Å². The molecule has 0 aromatic carbocycles. The zero-order valence-corrected chi connectivity index (χ0v) is 9.07. The van der Waals surface area contributed by atoms with E-state index in [1.54, 1.807) is 13.1 Å². The fourth-order valence-corrected chi connectivity index (χ4v) is 2.07. The minimum atomic E-state index is 0.123. The van der Waals surface area contributed by atoms with Gasteiger partial charge in [0.2, 0.25) is 0 Å². The summed E-state index contributed by atoms with van der Waals surface area (Å²) in [6, 6.07) is 1.81. The molecule has 0 atom stereocenters. The Morgan fingerprint density at radius 1 is 1.33 bits per heavy atom. The van der Waals surface area contributed by atoms with Crippen LogP contribution in [0.25, 0.3) is 0 Å². The van der Waals surface area contributed by atoms with Crippen molar-refractivity contribution in [2.45, 2.75) is 26.2 Å². The van der Waals surface area contributed by atoms with E-state index in [2.05, 4.69) is 9.88 Å². The number of Topliss-reactive ketones (excluding diaryl/α,β-unsaturated/α-hetero) is 1. The van der Waals surface area contributed by atoms with Crippen molar-refractivity contribution < 1.29 is 4.79 Å². The van der Waals surface area contributed by atoms with Gasteiger partial charge in [-0.2, -0.15) is 0 Å². The number of pyridine rings is 1. The van der Waals surface area contributed by atoms with E-state index in [0.717, 1.165) is 24.3 Å². The summed E-state index contributed by atoms with van der Waals surface area (Å²) < 4.78 is 0. The highest BCUT2D eigenvalue weighted by molar-refractivity contribution is 5.99. The van der Waals surface area contributed by atoms with Crippen molar-refractivity contribution in [1.82, 2.24) is 4.98 Å². The lowest BCUT2D eigenvalue weighted by molar-refractivity contribution is 0.101. The number of carbonyl (C=O) groups excluding carboxylic acids is 1. The predicted molar refractivity (Wildman–Crippen MR) is 60.3 cm³/mol. The molecule has 0 unspecified atom stereocenters. The topological polar surface area (TPSA) is 33.2 Å². The van der Waals surface area contributed by atoms with Gasteiger partial charge in [-0.3, -0.25) is 9.78 Å². The lowest BCUT2D eigenvalue weighted by Gasteiger charge is -2.29. The van der Waals surface area contributed by atoms with E-state index in [0.29, 0.717) is 0 Å². The Balaban J connectivity index is 2.29. The van der Waals surface area contributed by atoms with Crippen molar-refractivity contribution in [2.24, 2.45) is 0 Å².